The smallest absolute Gasteiger partial charge is 0.0798 e. The molecule has 1 aromatic carbocycles. The van der Waals surface area contributed by atoms with Crippen molar-refractivity contribution in [3.05, 3.63) is 50.9 Å². The molecule has 1 aromatic heterocycles. The van der Waals surface area contributed by atoms with Gasteiger partial charge < -0.3 is 5.32 Å². The number of nitrogens with zero attached hydrogens (tertiary/aromatic N) is 2. The molecular weight excluding hydrogens is 314 g/mol. The number of halogens is 1. The normalized spacial score (nSPS) is 22.9. The zero-order valence-electron chi connectivity index (χ0n) is 12.5. The Balaban J connectivity index is 1.58. The summed E-state index contributed by atoms with van der Waals surface area (Å²) in [6.45, 7) is 4.05. The molecule has 1 atom stereocenters. The van der Waals surface area contributed by atoms with Gasteiger partial charge in [-0.3, -0.25) is 4.90 Å². The molecule has 1 aliphatic heterocycles. The number of hydrogen-bond acceptors (Lipinski definition) is 4. The Kier molecular flexibility index (Phi) is 4.18. The van der Waals surface area contributed by atoms with E-state index in [9.17, 15) is 0 Å². The van der Waals surface area contributed by atoms with Crippen molar-refractivity contribution < 1.29 is 0 Å². The maximum atomic E-state index is 6.43. The van der Waals surface area contributed by atoms with Gasteiger partial charge in [0.2, 0.25) is 0 Å². The highest BCUT2D eigenvalue weighted by Crippen LogP contribution is 2.42. The van der Waals surface area contributed by atoms with Crippen molar-refractivity contribution >= 4 is 22.9 Å². The Morgan fingerprint density at radius 2 is 2.18 bits per heavy atom. The van der Waals surface area contributed by atoms with Crippen molar-refractivity contribution in [2.45, 2.75) is 31.3 Å². The van der Waals surface area contributed by atoms with E-state index in [1.807, 2.05) is 17.6 Å². The van der Waals surface area contributed by atoms with Crippen LogP contribution in [0.2, 0.25) is 5.02 Å². The minimum Gasteiger partial charge on any atom is -0.314 e. The standard InChI is InChI=1S/C17H20ClN3S/c18-14-4-2-1-3-13(14)15-9-19-7-8-21(15)10-16-17(12-5-6-12)20-11-22-16/h1-4,11-12,15,19H,5-10H2. The SMILES string of the molecule is Clc1ccccc1C1CNCCN1Cc1scnc1C1CC1. The zero-order valence-corrected chi connectivity index (χ0v) is 14.0. The van der Waals surface area contributed by atoms with Crippen LogP contribution in [0, 0.1) is 0 Å². The second-order valence-corrected chi connectivity index (χ2v) is 7.49. The molecule has 0 amide bonds. The molecule has 2 aromatic rings. The number of rotatable bonds is 4. The number of piperazine rings is 1. The first-order chi connectivity index (χ1) is 10.8. The van der Waals surface area contributed by atoms with Gasteiger partial charge in [0.1, 0.15) is 0 Å². The van der Waals surface area contributed by atoms with E-state index in [2.05, 4.69) is 27.3 Å². The third-order valence-corrected chi connectivity index (χ3v) is 5.78. The molecule has 22 heavy (non-hydrogen) atoms. The summed E-state index contributed by atoms with van der Waals surface area (Å²) in [5, 5.41) is 4.38. The van der Waals surface area contributed by atoms with Crippen LogP contribution < -0.4 is 5.32 Å². The molecule has 1 aliphatic carbocycles. The minimum atomic E-state index is 0.344. The van der Waals surface area contributed by atoms with Crippen molar-refractivity contribution in [1.82, 2.24) is 15.2 Å². The van der Waals surface area contributed by atoms with Gasteiger partial charge in [-0.2, -0.15) is 0 Å². The molecule has 0 spiro atoms. The van der Waals surface area contributed by atoms with E-state index >= 15 is 0 Å². The quantitative estimate of drug-likeness (QED) is 0.922. The lowest BCUT2D eigenvalue weighted by Crippen LogP contribution is -2.45. The van der Waals surface area contributed by atoms with Gasteiger partial charge in [-0.25, -0.2) is 4.98 Å². The monoisotopic (exact) mass is 333 g/mol. The Bertz CT molecular complexity index is 653. The first-order valence-corrected chi connectivity index (χ1v) is 9.20. The maximum absolute atomic E-state index is 6.43. The van der Waals surface area contributed by atoms with Gasteiger partial charge >= 0.3 is 0 Å². The fourth-order valence-corrected chi connectivity index (χ4v) is 4.39. The van der Waals surface area contributed by atoms with Crippen LogP contribution in [0.15, 0.2) is 29.8 Å². The summed E-state index contributed by atoms with van der Waals surface area (Å²) in [4.78, 5) is 8.61. The fourth-order valence-electron chi connectivity index (χ4n) is 3.26. The first-order valence-electron chi connectivity index (χ1n) is 7.94. The number of benzene rings is 1. The third kappa shape index (κ3) is 2.93. The molecular formula is C17H20ClN3S. The Morgan fingerprint density at radius 3 is 3.00 bits per heavy atom. The fraction of sp³-hybridized carbons (Fsp3) is 0.471. The second kappa shape index (κ2) is 6.28. The lowest BCUT2D eigenvalue weighted by atomic mass is 10.0. The molecule has 4 rings (SSSR count). The number of hydrogen-bond donors (Lipinski definition) is 1. The third-order valence-electron chi connectivity index (χ3n) is 4.60. The van der Waals surface area contributed by atoms with Crippen LogP contribution in [0.5, 0.6) is 0 Å². The molecule has 5 heteroatoms. The summed E-state index contributed by atoms with van der Waals surface area (Å²) in [7, 11) is 0. The topological polar surface area (TPSA) is 28.2 Å². The van der Waals surface area contributed by atoms with Crippen LogP contribution in [0.1, 0.15) is 40.9 Å². The van der Waals surface area contributed by atoms with Gasteiger partial charge in [-0.05, 0) is 24.5 Å². The highest BCUT2D eigenvalue weighted by molar-refractivity contribution is 7.09. The van der Waals surface area contributed by atoms with E-state index in [1.54, 1.807) is 11.3 Å². The van der Waals surface area contributed by atoms with Gasteiger partial charge in [-0.1, -0.05) is 29.8 Å². The summed E-state index contributed by atoms with van der Waals surface area (Å²) in [6, 6.07) is 8.57. The highest BCUT2D eigenvalue weighted by Gasteiger charge is 2.31. The summed E-state index contributed by atoms with van der Waals surface area (Å²) in [6.07, 6.45) is 2.62. The minimum absolute atomic E-state index is 0.344. The molecule has 2 aliphatic rings. The lowest BCUT2D eigenvalue weighted by Gasteiger charge is -2.36. The molecule has 1 saturated heterocycles. The summed E-state index contributed by atoms with van der Waals surface area (Å²) in [5.74, 6) is 0.725. The molecule has 2 fully saturated rings. The summed E-state index contributed by atoms with van der Waals surface area (Å²) < 4.78 is 0. The average Bonchev–Trinajstić information content (AvgIpc) is 3.29. The molecule has 2 heterocycles. The lowest BCUT2D eigenvalue weighted by molar-refractivity contribution is 0.155. The van der Waals surface area contributed by atoms with Crippen LogP contribution >= 0.6 is 22.9 Å². The number of thiazole rings is 1. The van der Waals surface area contributed by atoms with Crippen LogP contribution in [-0.2, 0) is 6.54 Å². The van der Waals surface area contributed by atoms with E-state index < -0.39 is 0 Å². The first kappa shape index (κ1) is 14.6. The average molecular weight is 334 g/mol. The van der Waals surface area contributed by atoms with E-state index in [-0.39, 0.29) is 0 Å². The largest absolute Gasteiger partial charge is 0.314 e. The molecule has 116 valence electrons. The van der Waals surface area contributed by atoms with Crippen molar-refractivity contribution in [3.8, 4) is 0 Å². The number of aromatic nitrogens is 1. The highest BCUT2D eigenvalue weighted by atomic mass is 35.5. The molecule has 0 radical (unpaired) electrons. The molecule has 1 N–H and O–H groups in total. The van der Waals surface area contributed by atoms with Crippen molar-refractivity contribution in [2.75, 3.05) is 19.6 Å². The van der Waals surface area contributed by atoms with Gasteiger partial charge in [-0.15, -0.1) is 11.3 Å². The zero-order chi connectivity index (χ0) is 14.9. The van der Waals surface area contributed by atoms with Crippen LogP contribution in [0.25, 0.3) is 0 Å². The molecule has 1 saturated carbocycles. The Labute approximate surface area is 140 Å². The molecule has 1 unspecified atom stereocenters. The second-order valence-electron chi connectivity index (χ2n) is 6.15. The summed E-state index contributed by atoms with van der Waals surface area (Å²) in [5.41, 5.74) is 4.59. The van der Waals surface area contributed by atoms with E-state index in [0.29, 0.717) is 6.04 Å². The van der Waals surface area contributed by atoms with Crippen LogP contribution in [-0.4, -0.2) is 29.5 Å². The van der Waals surface area contributed by atoms with E-state index in [0.717, 1.165) is 37.1 Å². The van der Waals surface area contributed by atoms with Gasteiger partial charge in [0, 0.05) is 48.0 Å². The van der Waals surface area contributed by atoms with Crippen LogP contribution in [0.3, 0.4) is 0 Å². The van der Waals surface area contributed by atoms with Crippen molar-refractivity contribution in [2.24, 2.45) is 0 Å². The van der Waals surface area contributed by atoms with Gasteiger partial charge in [0.25, 0.3) is 0 Å². The Hall–Kier alpha value is -0.940. The van der Waals surface area contributed by atoms with E-state index in [1.165, 1.54) is 29.0 Å². The molecule has 3 nitrogen and oxygen atoms in total. The van der Waals surface area contributed by atoms with Crippen LogP contribution in [0.4, 0.5) is 0 Å². The molecule has 0 bridgehead atoms. The van der Waals surface area contributed by atoms with Gasteiger partial charge in [0.15, 0.2) is 0 Å². The predicted molar refractivity (Wildman–Crippen MR) is 91.6 cm³/mol. The van der Waals surface area contributed by atoms with Crippen molar-refractivity contribution in [1.29, 1.82) is 0 Å². The van der Waals surface area contributed by atoms with Gasteiger partial charge in [0.05, 0.1) is 11.2 Å². The van der Waals surface area contributed by atoms with Crippen molar-refractivity contribution in [3.63, 3.8) is 0 Å². The van der Waals surface area contributed by atoms with E-state index in [4.69, 9.17) is 11.6 Å². The predicted octanol–water partition coefficient (Wildman–Crippen LogP) is 3.82. The Morgan fingerprint density at radius 1 is 1.32 bits per heavy atom. The number of nitrogens with one attached hydrogen (secondary N) is 1. The maximum Gasteiger partial charge on any atom is 0.0798 e. The summed E-state index contributed by atoms with van der Waals surface area (Å²) >= 11 is 8.24.